The standard InChI is InChI=1S/C20H24N2O4S2/c1-2-26-16-7-5-15(6-8-16)22-19-14-28(24,25)13-18(19)21(12-20(22)23)10-9-17-4-3-11-27-17/h3-8,11,18-19H,2,9-10,12-14H2,1H3/t18-,19+/m0/s1. The van der Waals surface area contributed by atoms with E-state index in [2.05, 4.69) is 11.0 Å². The Hall–Kier alpha value is -1.90. The second-order valence-electron chi connectivity index (χ2n) is 7.20. The summed E-state index contributed by atoms with van der Waals surface area (Å²) in [6.45, 7) is 3.43. The molecule has 8 heteroatoms. The highest BCUT2D eigenvalue weighted by Crippen LogP contribution is 2.32. The highest BCUT2D eigenvalue weighted by molar-refractivity contribution is 7.91. The highest BCUT2D eigenvalue weighted by atomic mass is 32.2. The van der Waals surface area contributed by atoms with Gasteiger partial charge in [-0.3, -0.25) is 9.69 Å². The fourth-order valence-electron chi connectivity index (χ4n) is 4.12. The zero-order chi connectivity index (χ0) is 19.7. The van der Waals surface area contributed by atoms with Gasteiger partial charge in [0, 0.05) is 23.2 Å². The Bertz CT molecular complexity index is 926. The van der Waals surface area contributed by atoms with Crippen molar-refractivity contribution in [2.45, 2.75) is 25.4 Å². The first-order valence-corrected chi connectivity index (χ1v) is 12.2. The van der Waals surface area contributed by atoms with Gasteiger partial charge in [0.1, 0.15) is 5.75 Å². The fraction of sp³-hybridized carbons (Fsp3) is 0.450. The monoisotopic (exact) mass is 420 g/mol. The smallest absolute Gasteiger partial charge is 0.241 e. The molecule has 28 heavy (non-hydrogen) atoms. The van der Waals surface area contributed by atoms with Gasteiger partial charge in [-0.15, -0.1) is 11.3 Å². The molecule has 2 atom stereocenters. The first-order chi connectivity index (χ1) is 13.5. The zero-order valence-electron chi connectivity index (χ0n) is 15.8. The van der Waals surface area contributed by atoms with Gasteiger partial charge in [0.2, 0.25) is 5.91 Å². The molecular weight excluding hydrogens is 396 g/mol. The summed E-state index contributed by atoms with van der Waals surface area (Å²) in [7, 11) is -3.17. The molecule has 2 saturated heterocycles. The van der Waals surface area contributed by atoms with Crippen molar-refractivity contribution in [1.29, 1.82) is 0 Å². The van der Waals surface area contributed by atoms with E-state index in [4.69, 9.17) is 4.74 Å². The van der Waals surface area contributed by atoms with Crippen molar-refractivity contribution in [3.63, 3.8) is 0 Å². The van der Waals surface area contributed by atoms with Crippen molar-refractivity contribution in [2.24, 2.45) is 0 Å². The predicted octanol–water partition coefficient (Wildman–Crippen LogP) is 2.20. The molecule has 2 aromatic rings. The van der Waals surface area contributed by atoms with Crippen LogP contribution in [0.1, 0.15) is 11.8 Å². The second-order valence-corrected chi connectivity index (χ2v) is 10.4. The third kappa shape index (κ3) is 3.94. The molecule has 0 radical (unpaired) electrons. The fourth-order valence-corrected chi connectivity index (χ4v) is 6.80. The van der Waals surface area contributed by atoms with E-state index in [-0.39, 0.29) is 36.0 Å². The maximum absolute atomic E-state index is 13.0. The number of anilines is 1. The van der Waals surface area contributed by atoms with E-state index in [0.717, 1.165) is 17.9 Å². The molecule has 1 aromatic carbocycles. The Morgan fingerprint density at radius 1 is 1.14 bits per heavy atom. The van der Waals surface area contributed by atoms with Crippen LogP contribution in [0.2, 0.25) is 0 Å². The number of hydrogen-bond acceptors (Lipinski definition) is 6. The molecule has 1 aromatic heterocycles. The number of amides is 1. The predicted molar refractivity (Wildman–Crippen MR) is 111 cm³/mol. The highest BCUT2D eigenvalue weighted by Gasteiger charge is 2.49. The van der Waals surface area contributed by atoms with Crippen LogP contribution in [0.5, 0.6) is 5.75 Å². The van der Waals surface area contributed by atoms with E-state index in [1.807, 2.05) is 42.6 Å². The molecule has 0 bridgehead atoms. The third-order valence-corrected chi connectivity index (χ3v) is 7.99. The largest absolute Gasteiger partial charge is 0.494 e. The van der Waals surface area contributed by atoms with E-state index >= 15 is 0 Å². The van der Waals surface area contributed by atoms with E-state index < -0.39 is 9.84 Å². The van der Waals surface area contributed by atoms with Gasteiger partial charge in [0.15, 0.2) is 9.84 Å². The minimum absolute atomic E-state index is 0.0200. The minimum atomic E-state index is -3.17. The van der Waals surface area contributed by atoms with E-state index in [1.165, 1.54) is 4.88 Å². The molecule has 4 rings (SSSR count). The van der Waals surface area contributed by atoms with Gasteiger partial charge in [0.05, 0.1) is 30.7 Å². The average Bonchev–Trinajstić information content (AvgIpc) is 3.28. The molecule has 0 saturated carbocycles. The van der Waals surface area contributed by atoms with Crippen LogP contribution in [0.15, 0.2) is 41.8 Å². The summed E-state index contributed by atoms with van der Waals surface area (Å²) in [5, 5.41) is 2.03. The van der Waals surface area contributed by atoms with Crippen LogP contribution >= 0.6 is 11.3 Å². The normalized spacial score (nSPS) is 24.3. The van der Waals surface area contributed by atoms with Gasteiger partial charge in [-0.2, -0.15) is 0 Å². The van der Waals surface area contributed by atoms with E-state index in [0.29, 0.717) is 13.2 Å². The quantitative estimate of drug-likeness (QED) is 0.717. The SMILES string of the molecule is CCOc1ccc(N2C(=O)CN(CCc3cccs3)[C@H]3CS(=O)(=O)C[C@H]32)cc1. The molecule has 1 amide bonds. The summed E-state index contributed by atoms with van der Waals surface area (Å²) in [5.74, 6) is 0.826. The van der Waals surface area contributed by atoms with E-state index in [1.54, 1.807) is 16.2 Å². The van der Waals surface area contributed by atoms with Gasteiger partial charge in [-0.1, -0.05) is 6.07 Å². The van der Waals surface area contributed by atoms with Crippen LogP contribution in [0.25, 0.3) is 0 Å². The number of piperazine rings is 1. The molecule has 2 aliphatic rings. The lowest BCUT2D eigenvalue weighted by Crippen LogP contribution is -2.62. The van der Waals surface area contributed by atoms with Crippen molar-refractivity contribution < 1.29 is 17.9 Å². The second kappa shape index (κ2) is 7.85. The van der Waals surface area contributed by atoms with Crippen LogP contribution in [0, 0.1) is 0 Å². The molecule has 150 valence electrons. The molecule has 2 fully saturated rings. The Morgan fingerprint density at radius 2 is 1.89 bits per heavy atom. The topological polar surface area (TPSA) is 66.9 Å². The van der Waals surface area contributed by atoms with Crippen LogP contribution in [0.3, 0.4) is 0 Å². The van der Waals surface area contributed by atoms with Crippen molar-refractivity contribution in [3.8, 4) is 5.75 Å². The van der Waals surface area contributed by atoms with Crippen molar-refractivity contribution in [1.82, 2.24) is 4.90 Å². The molecule has 6 nitrogen and oxygen atoms in total. The average molecular weight is 421 g/mol. The number of nitrogens with zero attached hydrogens (tertiary/aromatic N) is 2. The van der Waals surface area contributed by atoms with Gasteiger partial charge in [-0.05, 0) is 49.1 Å². The van der Waals surface area contributed by atoms with Gasteiger partial charge in [-0.25, -0.2) is 8.42 Å². The number of hydrogen-bond donors (Lipinski definition) is 0. The number of fused-ring (bicyclic) bond motifs is 1. The number of thiophene rings is 1. The number of benzene rings is 1. The van der Waals surface area contributed by atoms with Crippen LogP contribution in [0.4, 0.5) is 5.69 Å². The van der Waals surface area contributed by atoms with Gasteiger partial charge in [0.25, 0.3) is 0 Å². The molecule has 3 heterocycles. The lowest BCUT2D eigenvalue weighted by molar-refractivity contribution is -0.123. The molecule has 0 N–H and O–H groups in total. The lowest BCUT2D eigenvalue weighted by Gasteiger charge is -2.43. The first kappa shape index (κ1) is 19.4. The van der Waals surface area contributed by atoms with Crippen LogP contribution < -0.4 is 9.64 Å². The summed E-state index contributed by atoms with van der Waals surface area (Å²) >= 11 is 1.69. The van der Waals surface area contributed by atoms with Gasteiger partial charge >= 0.3 is 0 Å². The maximum atomic E-state index is 13.0. The summed E-state index contributed by atoms with van der Waals surface area (Å²) < 4.78 is 30.3. The molecule has 2 aliphatic heterocycles. The Morgan fingerprint density at radius 3 is 2.57 bits per heavy atom. The van der Waals surface area contributed by atoms with Crippen LogP contribution in [-0.2, 0) is 21.1 Å². The zero-order valence-corrected chi connectivity index (χ0v) is 17.4. The Balaban J connectivity index is 1.57. The molecule has 0 spiro atoms. The number of carbonyl (C=O) groups excluding carboxylic acids is 1. The summed E-state index contributed by atoms with van der Waals surface area (Å²) in [6.07, 6.45) is 0.831. The number of ether oxygens (including phenoxy) is 1. The van der Waals surface area contributed by atoms with E-state index in [9.17, 15) is 13.2 Å². The van der Waals surface area contributed by atoms with Crippen molar-refractivity contribution >= 4 is 32.8 Å². The number of sulfone groups is 1. The summed E-state index contributed by atoms with van der Waals surface area (Å²) in [5.41, 5.74) is 0.735. The van der Waals surface area contributed by atoms with Gasteiger partial charge < -0.3 is 9.64 Å². The summed E-state index contributed by atoms with van der Waals surface area (Å²) in [6, 6.07) is 10.9. The Kier molecular flexibility index (Phi) is 5.44. The first-order valence-electron chi connectivity index (χ1n) is 9.48. The maximum Gasteiger partial charge on any atom is 0.241 e. The molecule has 0 aliphatic carbocycles. The molecule has 0 unspecified atom stereocenters. The van der Waals surface area contributed by atoms with Crippen molar-refractivity contribution in [3.05, 3.63) is 46.7 Å². The molecular formula is C20H24N2O4S2. The summed E-state index contributed by atoms with van der Waals surface area (Å²) in [4.78, 5) is 18.0. The lowest BCUT2D eigenvalue weighted by atomic mass is 10.0. The number of carbonyl (C=O) groups is 1. The number of rotatable bonds is 6. The van der Waals surface area contributed by atoms with Crippen molar-refractivity contribution in [2.75, 3.05) is 36.1 Å². The minimum Gasteiger partial charge on any atom is -0.494 e. The Labute approximate surface area is 169 Å². The van der Waals surface area contributed by atoms with Crippen LogP contribution in [-0.4, -0.2) is 62.5 Å². The third-order valence-electron chi connectivity index (χ3n) is 5.35.